The number of hydrogen-bond acceptors (Lipinski definition) is 2. The highest BCUT2D eigenvalue weighted by molar-refractivity contribution is 6.31. The first kappa shape index (κ1) is 21.5. The van der Waals surface area contributed by atoms with Gasteiger partial charge in [-0.25, -0.2) is 0 Å². The zero-order valence-corrected chi connectivity index (χ0v) is 21.1. The van der Waals surface area contributed by atoms with E-state index in [9.17, 15) is 0 Å². The summed E-state index contributed by atoms with van der Waals surface area (Å²) in [4.78, 5) is 2.33. The number of rotatable bonds is 3. The molecule has 0 aliphatic heterocycles. The predicted octanol–water partition coefficient (Wildman–Crippen LogP) is 10.0. The molecular weight excluding hydrogens is 462 g/mol. The summed E-state index contributed by atoms with van der Waals surface area (Å²) in [5, 5.41) is 3.26. The van der Waals surface area contributed by atoms with E-state index < -0.39 is 0 Å². The van der Waals surface area contributed by atoms with Crippen LogP contribution in [-0.2, 0) is 5.41 Å². The number of hydrogen-bond donors (Lipinski definition) is 0. The quantitative estimate of drug-likeness (QED) is 0.251. The maximum Gasteiger partial charge on any atom is 0.135 e. The first-order valence-electron chi connectivity index (χ1n) is 12.5. The van der Waals surface area contributed by atoms with Crippen LogP contribution in [0.1, 0.15) is 37.8 Å². The van der Waals surface area contributed by atoms with Crippen LogP contribution in [0.2, 0.25) is 0 Å². The van der Waals surface area contributed by atoms with E-state index in [1.807, 2.05) is 12.1 Å². The number of allylic oxidation sites excluding steroid dienone is 4. The van der Waals surface area contributed by atoms with Crippen molar-refractivity contribution in [2.24, 2.45) is 0 Å². The van der Waals surface area contributed by atoms with Gasteiger partial charge in [0.2, 0.25) is 0 Å². The Morgan fingerprint density at radius 3 is 2.33 bits per heavy atom. The van der Waals surface area contributed by atoms with Crippen molar-refractivity contribution in [3.63, 3.8) is 0 Å². The van der Waals surface area contributed by atoms with Crippen LogP contribution in [0.4, 0.5) is 17.1 Å². The smallest absolute Gasteiger partial charge is 0.135 e. The Bertz CT molecular complexity index is 1720. The molecule has 0 saturated carbocycles. The Hall–Kier alpha value is -3.75. The van der Waals surface area contributed by atoms with Crippen molar-refractivity contribution in [2.75, 3.05) is 4.90 Å². The summed E-state index contributed by atoms with van der Waals surface area (Å²) in [6.45, 7) is 4.59. The molecule has 0 bridgehead atoms. The fourth-order valence-electron chi connectivity index (χ4n) is 6.09. The first-order chi connectivity index (χ1) is 17.5. The third-order valence-corrected chi connectivity index (χ3v) is 8.11. The van der Waals surface area contributed by atoms with Crippen LogP contribution < -0.4 is 4.90 Å². The third-order valence-electron chi connectivity index (χ3n) is 7.74. The van der Waals surface area contributed by atoms with Crippen LogP contribution >= 0.6 is 11.6 Å². The lowest BCUT2D eigenvalue weighted by Gasteiger charge is -2.27. The van der Waals surface area contributed by atoms with Gasteiger partial charge < -0.3 is 9.32 Å². The van der Waals surface area contributed by atoms with Crippen LogP contribution in [-0.4, -0.2) is 0 Å². The number of nitrogens with zero attached hydrogens (tertiary/aromatic N) is 1. The van der Waals surface area contributed by atoms with E-state index in [0.29, 0.717) is 0 Å². The molecule has 2 nitrogen and oxygen atoms in total. The average Bonchev–Trinajstić information content (AvgIpc) is 3.38. The highest BCUT2D eigenvalue weighted by Gasteiger charge is 2.41. The van der Waals surface area contributed by atoms with Gasteiger partial charge in [-0.2, -0.15) is 0 Å². The Morgan fingerprint density at radius 1 is 0.750 bits per heavy atom. The van der Waals surface area contributed by atoms with Gasteiger partial charge >= 0.3 is 0 Å². The molecule has 0 spiro atoms. The molecule has 0 atom stereocenters. The fraction of sp³-hybridized carbons (Fsp3) is 0.152. The van der Waals surface area contributed by atoms with E-state index in [4.69, 9.17) is 16.0 Å². The van der Waals surface area contributed by atoms with Gasteiger partial charge in [0.15, 0.2) is 0 Å². The van der Waals surface area contributed by atoms with E-state index in [1.54, 1.807) is 0 Å². The molecule has 0 N–H and O–H groups in total. The molecule has 5 aromatic rings. The molecule has 1 heterocycles. The minimum atomic E-state index is -0.0939. The topological polar surface area (TPSA) is 16.4 Å². The molecule has 1 aromatic heterocycles. The molecule has 0 unspecified atom stereocenters. The fourth-order valence-corrected chi connectivity index (χ4v) is 6.54. The summed E-state index contributed by atoms with van der Waals surface area (Å²) in [6.07, 6.45) is 4.29. The molecule has 7 rings (SSSR count). The van der Waals surface area contributed by atoms with Crippen LogP contribution in [0, 0.1) is 0 Å². The lowest BCUT2D eigenvalue weighted by Crippen LogP contribution is -2.17. The normalized spacial score (nSPS) is 16.2. The zero-order valence-electron chi connectivity index (χ0n) is 20.4. The largest absolute Gasteiger partial charge is 0.456 e. The van der Waals surface area contributed by atoms with Gasteiger partial charge in [0.25, 0.3) is 0 Å². The summed E-state index contributed by atoms with van der Waals surface area (Å²) in [7, 11) is 0. The number of anilines is 3. The van der Waals surface area contributed by atoms with E-state index in [-0.39, 0.29) is 5.41 Å². The van der Waals surface area contributed by atoms with Crippen molar-refractivity contribution >= 4 is 56.2 Å². The molecule has 3 heteroatoms. The van der Waals surface area contributed by atoms with Gasteiger partial charge in [-0.05, 0) is 83.6 Å². The van der Waals surface area contributed by atoms with Crippen LogP contribution in [0.25, 0.3) is 27.5 Å². The van der Waals surface area contributed by atoms with Crippen molar-refractivity contribution in [3.8, 4) is 0 Å². The second kappa shape index (κ2) is 7.88. The first-order valence-corrected chi connectivity index (χ1v) is 12.9. The van der Waals surface area contributed by atoms with E-state index in [0.717, 1.165) is 56.9 Å². The summed E-state index contributed by atoms with van der Waals surface area (Å²) in [6, 6.07) is 32.2. The number of fused-ring (bicyclic) bond motifs is 6. The minimum absolute atomic E-state index is 0.0939. The molecule has 0 radical (unpaired) electrons. The standard InChI is InChI=1S/C33H26ClNO/c1-33(2)28-17-15-22(19-26(28)25-12-8-13-29(34)32(25)33)35(21-9-4-3-5-10-21)23-16-18-31-27(20-23)24-11-6-7-14-30(24)36-31/h3-7,9-12,14-20H,8,13H2,1-2H3. The number of para-hydroxylation sites is 2. The van der Waals surface area contributed by atoms with Gasteiger partial charge in [0.05, 0.1) is 0 Å². The Kier molecular flexibility index (Phi) is 4.71. The summed E-state index contributed by atoms with van der Waals surface area (Å²) in [5.74, 6) is 0. The number of benzene rings is 4. The van der Waals surface area contributed by atoms with Crippen molar-refractivity contribution < 1.29 is 4.42 Å². The molecule has 4 aromatic carbocycles. The van der Waals surface area contributed by atoms with Gasteiger partial charge in [-0.1, -0.05) is 74.0 Å². The maximum absolute atomic E-state index is 6.80. The molecule has 0 saturated heterocycles. The third kappa shape index (κ3) is 3.11. The van der Waals surface area contributed by atoms with Crippen LogP contribution in [0.15, 0.2) is 112 Å². The van der Waals surface area contributed by atoms with Crippen LogP contribution in [0.5, 0.6) is 0 Å². The molecule has 0 fully saturated rings. The van der Waals surface area contributed by atoms with E-state index in [2.05, 4.69) is 104 Å². The lowest BCUT2D eigenvalue weighted by atomic mass is 9.80. The van der Waals surface area contributed by atoms with Crippen LogP contribution in [0.3, 0.4) is 0 Å². The van der Waals surface area contributed by atoms with Crippen molar-refractivity contribution in [1.82, 2.24) is 0 Å². The summed E-state index contributed by atoms with van der Waals surface area (Å²) >= 11 is 6.80. The monoisotopic (exact) mass is 487 g/mol. The number of furan rings is 1. The van der Waals surface area contributed by atoms with Crippen molar-refractivity contribution in [2.45, 2.75) is 32.1 Å². The average molecular weight is 488 g/mol. The van der Waals surface area contributed by atoms with Crippen molar-refractivity contribution in [1.29, 1.82) is 0 Å². The Morgan fingerprint density at radius 2 is 1.47 bits per heavy atom. The van der Waals surface area contributed by atoms with E-state index >= 15 is 0 Å². The van der Waals surface area contributed by atoms with Gasteiger partial charge in [0.1, 0.15) is 11.2 Å². The molecule has 2 aliphatic carbocycles. The summed E-state index contributed by atoms with van der Waals surface area (Å²) < 4.78 is 6.11. The van der Waals surface area contributed by atoms with E-state index in [1.165, 1.54) is 22.3 Å². The highest BCUT2D eigenvalue weighted by Crippen LogP contribution is 2.55. The van der Waals surface area contributed by atoms with Gasteiger partial charge in [0, 0.05) is 38.3 Å². The Balaban J connectivity index is 1.44. The molecular formula is C33H26ClNO. The zero-order chi connectivity index (χ0) is 24.4. The van der Waals surface area contributed by atoms with Crippen molar-refractivity contribution in [3.05, 3.63) is 119 Å². The second-order valence-corrected chi connectivity index (χ2v) is 10.7. The second-order valence-electron chi connectivity index (χ2n) is 10.2. The highest BCUT2D eigenvalue weighted by atomic mass is 35.5. The lowest BCUT2D eigenvalue weighted by molar-refractivity contribution is 0.652. The van der Waals surface area contributed by atoms with Gasteiger partial charge in [-0.15, -0.1) is 0 Å². The molecule has 0 amide bonds. The molecule has 36 heavy (non-hydrogen) atoms. The minimum Gasteiger partial charge on any atom is -0.456 e. The van der Waals surface area contributed by atoms with Gasteiger partial charge in [-0.3, -0.25) is 0 Å². The summed E-state index contributed by atoms with van der Waals surface area (Å²) in [5.41, 5.74) is 10.3. The maximum atomic E-state index is 6.80. The molecule has 176 valence electrons. The SMILES string of the molecule is CC1(C)C2=C(Cl)CCC=C2c2cc(N(c3ccccc3)c3ccc4oc5ccccc5c4c3)ccc21. The predicted molar refractivity (Wildman–Crippen MR) is 152 cm³/mol. The molecule has 2 aliphatic rings. The Labute approximate surface area is 216 Å². The number of halogens is 1.